The monoisotopic (exact) mass is 565 g/mol. The molecule has 0 radical (unpaired) electrons. The second-order valence-corrected chi connectivity index (χ2v) is 12.5. The Balaban J connectivity index is 1.19. The molecule has 0 aliphatic heterocycles. The lowest BCUT2D eigenvalue weighted by Crippen LogP contribution is -2.19. The molecule has 2 aliphatic carbocycles. The van der Waals surface area contributed by atoms with Crippen molar-refractivity contribution in [3.05, 3.63) is 160 Å². The summed E-state index contributed by atoms with van der Waals surface area (Å²) >= 11 is 0. The molecule has 0 amide bonds. The molecule has 3 heteroatoms. The van der Waals surface area contributed by atoms with Gasteiger partial charge in [0.2, 0.25) is 0 Å². The maximum absolute atomic E-state index is 14.9. The van der Waals surface area contributed by atoms with E-state index in [2.05, 4.69) is 82.3 Å². The van der Waals surface area contributed by atoms with Crippen LogP contribution in [0.1, 0.15) is 61.1 Å². The van der Waals surface area contributed by atoms with Gasteiger partial charge < -0.3 is 4.90 Å². The fourth-order valence-corrected chi connectivity index (χ4v) is 7.08. The Bertz CT molecular complexity index is 1900. The maximum atomic E-state index is 14.9. The summed E-state index contributed by atoms with van der Waals surface area (Å²) in [7, 11) is 0. The molecule has 5 aromatic carbocycles. The SMILES string of the molecule is CC1(C)C2=C(c3ccccc31)C(C)(C)c1cc(/C=C/c3ccc(N(c4ccccc4F)c4ccccc4F)cc3)ccc12. The molecule has 0 saturated carbocycles. The van der Waals surface area contributed by atoms with Crippen LogP contribution in [0.2, 0.25) is 0 Å². The minimum Gasteiger partial charge on any atom is -0.305 e. The number of halogens is 2. The van der Waals surface area contributed by atoms with E-state index in [1.165, 1.54) is 45.5 Å². The van der Waals surface area contributed by atoms with Gasteiger partial charge in [-0.25, -0.2) is 8.78 Å². The quantitative estimate of drug-likeness (QED) is 0.192. The summed E-state index contributed by atoms with van der Waals surface area (Å²) in [5.41, 5.74) is 11.7. The van der Waals surface area contributed by atoms with Crippen LogP contribution in [0.3, 0.4) is 0 Å². The van der Waals surface area contributed by atoms with E-state index in [1.54, 1.807) is 41.3 Å². The molecule has 0 aromatic heterocycles. The number of hydrogen-bond donors (Lipinski definition) is 0. The lowest BCUT2D eigenvalue weighted by molar-refractivity contribution is 0.619. The zero-order valence-corrected chi connectivity index (χ0v) is 24.8. The van der Waals surface area contributed by atoms with Crippen molar-refractivity contribution in [1.82, 2.24) is 0 Å². The Hall–Kier alpha value is -4.76. The van der Waals surface area contributed by atoms with Crippen LogP contribution < -0.4 is 4.90 Å². The van der Waals surface area contributed by atoms with Crippen LogP contribution in [-0.4, -0.2) is 0 Å². The molecule has 43 heavy (non-hydrogen) atoms. The van der Waals surface area contributed by atoms with Crippen molar-refractivity contribution in [2.45, 2.75) is 38.5 Å². The van der Waals surface area contributed by atoms with Crippen molar-refractivity contribution in [3.63, 3.8) is 0 Å². The highest BCUT2D eigenvalue weighted by Crippen LogP contribution is 2.62. The first-order valence-corrected chi connectivity index (χ1v) is 14.8. The average molecular weight is 566 g/mol. The van der Waals surface area contributed by atoms with Gasteiger partial charge in [-0.05, 0) is 80.9 Å². The first-order valence-electron chi connectivity index (χ1n) is 14.8. The Labute approximate surface area is 252 Å². The third-order valence-corrected chi connectivity index (χ3v) is 9.16. The second kappa shape index (κ2) is 9.91. The first kappa shape index (κ1) is 27.1. The molecule has 2 aliphatic rings. The van der Waals surface area contributed by atoms with Gasteiger partial charge in [-0.2, -0.15) is 0 Å². The van der Waals surface area contributed by atoms with Gasteiger partial charge in [-0.1, -0.05) is 119 Å². The van der Waals surface area contributed by atoms with E-state index in [0.717, 1.165) is 11.1 Å². The molecule has 0 unspecified atom stereocenters. The fourth-order valence-electron chi connectivity index (χ4n) is 7.08. The number of benzene rings is 5. The standard InChI is InChI=1S/C40H33F2N/c1-39(2)31-12-6-5-11-29(31)37-38(39)30-24-21-27(25-32(30)40(37,3)4)18-17-26-19-22-28(23-20-26)43(35-15-9-7-13-33(35)41)36-16-10-8-14-34(36)42/h5-25H,1-4H3/b18-17+. The van der Waals surface area contributed by atoms with Crippen molar-refractivity contribution in [2.24, 2.45) is 0 Å². The number of allylic oxidation sites excluding steroid dienone is 2. The van der Waals surface area contributed by atoms with Gasteiger partial charge in [0, 0.05) is 16.5 Å². The number of hydrogen-bond acceptors (Lipinski definition) is 1. The van der Waals surface area contributed by atoms with Crippen LogP contribution in [0.25, 0.3) is 23.3 Å². The summed E-state index contributed by atoms with van der Waals surface area (Å²) in [4.78, 5) is 1.62. The Morgan fingerprint density at radius 2 is 1.00 bits per heavy atom. The molecule has 1 nitrogen and oxygen atoms in total. The fraction of sp³-hybridized carbons (Fsp3) is 0.150. The lowest BCUT2D eigenvalue weighted by atomic mass is 9.75. The van der Waals surface area contributed by atoms with Crippen LogP contribution in [0.15, 0.2) is 115 Å². The predicted molar refractivity (Wildman–Crippen MR) is 176 cm³/mol. The zero-order valence-electron chi connectivity index (χ0n) is 24.8. The molecule has 0 N–H and O–H groups in total. The third-order valence-electron chi connectivity index (χ3n) is 9.16. The average Bonchev–Trinajstić information content (AvgIpc) is 3.40. The van der Waals surface area contributed by atoms with Crippen LogP contribution in [0.5, 0.6) is 0 Å². The normalized spacial score (nSPS) is 15.9. The molecule has 0 spiro atoms. The van der Waals surface area contributed by atoms with Crippen LogP contribution in [0.4, 0.5) is 25.8 Å². The molecule has 212 valence electrons. The van der Waals surface area contributed by atoms with E-state index in [9.17, 15) is 8.78 Å². The molecular weight excluding hydrogens is 532 g/mol. The smallest absolute Gasteiger partial charge is 0.147 e. The van der Waals surface area contributed by atoms with Crippen LogP contribution in [-0.2, 0) is 10.8 Å². The molecule has 0 fully saturated rings. The number of anilines is 3. The highest BCUT2D eigenvalue weighted by molar-refractivity contribution is 6.09. The van der Waals surface area contributed by atoms with Crippen LogP contribution in [0, 0.1) is 11.6 Å². The minimum absolute atomic E-state index is 0.0350. The Morgan fingerprint density at radius 3 is 1.63 bits per heavy atom. The van der Waals surface area contributed by atoms with Crippen molar-refractivity contribution < 1.29 is 8.78 Å². The van der Waals surface area contributed by atoms with Gasteiger partial charge in [0.25, 0.3) is 0 Å². The Kier molecular flexibility index (Phi) is 6.25. The first-order chi connectivity index (χ1) is 20.7. The van der Waals surface area contributed by atoms with E-state index in [-0.39, 0.29) is 10.8 Å². The lowest BCUT2D eigenvalue weighted by Gasteiger charge is -2.28. The predicted octanol–water partition coefficient (Wildman–Crippen LogP) is 11.1. The van der Waals surface area contributed by atoms with Crippen molar-refractivity contribution in [2.75, 3.05) is 4.90 Å². The van der Waals surface area contributed by atoms with E-state index in [0.29, 0.717) is 17.1 Å². The maximum Gasteiger partial charge on any atom is 0.147 e. The van der Waals surface area contributed by atoms with E-state index in [4.69, 9.17) is 0 Å². The largest absolute Gasteiger partial charge is 0.305 e. The molecule has 5 aromatic rings. The summed E-state index contributed by atoms with van der Waals surface area (Å²) in [6, 6.07) is 36.3. The molecule has 7 rings (SSSR count). The van der Waals surface area contributed by atoms with Crippen LogP contribution >= 0.6 is 0 Å². The summed E-state index contributed by atoms with van der Waals surface area (Å²) in [5, 5.41) is 0. The highest BCUT2D eigenvalue weighted by Gasteiger charge is 2.49. The number of fused-ring (bicyclic) bond motifs is 4. The number of rotatable bonds is 5. The molecule has 0 heterocycles. The van der Waals surface area contributed by atoms with Crippen molar-refractivity contribution in [1.29, 1.82) is 0 Å². The summed E-state index contributed by atoms with van der Waals surface area (Å²) < 4.78 is 29.8. The van der Waals surface area contributed by atoms with Gasteiger partial charge in [-0.3, -0.25) is 0 Å². The topological polar surface area (TPSA) is 3.24 Å². The van der Waals surface area contributed by atoms with Gasteiger partial charge in [0.05, 0.1) is 11.4 Å². The van der Waals surface area contributed by atoms with E-state index >= 15 is 0 Å². The molecule has 0 atom stereocenters. The number of para-hydroxylation sites is 2. The molecule has 0 bridgehead atoms. The van der Waals surface area contributed by atoms with Gasteiger partial charge >= 0.3 is 0 Å². The van der Waals surface area contributed by atoms with Gasteiger partial charge in [-0.15, -0.1) is 0 Å². The van der Waals surface area contributed by atoms with E-state index < -0.39 is 11.6 Å². The molecular formula is C40H33F2N. The number of nitrogens with zero attached hydrogens (tertiary/aromatic N) is 1. The van der Waals surface area contributed by atoms with E-state index in [1.807, 2.05) is 24.3 Å². The van der Waals surface area contributed by atoms with Crippen molar-refractivity contribution >= 4 is 40.4 Å². The summed E-state index contributed by atoms with van der Waals surface area (Å²) in [6.45, 7) is 9.37. The third kappa shape index (κ3) is 4.26. The molecule has 0 saturated heterocycles. The minimum atomic E-state index is -0.415. The van der Waals surface area contributed by atoms with Crippen molar-refractivity contribution in [3.8, 4) is 0 Å². The van der Waals surface area contributed by atoms with Gasteiger partial charge in [0.15, 0.2) is 0 Å². The highest BCUT2D eigenvalue weighted by atomic mass is 19.1. The van der Waals surface area contributed by atoms with Gasteiger partial charge in [0.1, 0.15) is 11.6 Å². The Morgan fingerprint density at radius 1 is 0.512 bits per heavy atom. The summed E-state index contributed by atoms with van der Waals surface area (Å²) in [6.07, 6.45) is 4.23. The second-order valence-electron chi connectivity index (χ2n) is 12.5. The zero-order chi connectivity index (χ0) is 29.9. The summed E-state index contributed by atoms with van der Waals surface area (Å²) in [5.74, 6) is -0.830.